The molecule has 1 aliphatic rings. The largest absolute Gasteiger partial charge is 0.478 e. The molecule has 0 saturated heterocycles. The fourth-order valence-electron chi connectivity index (χ4n) is 3.21. The van der Waals surface area contributed by atoms with Crippen LogP contribution in [0.4, 0.5) is 0 Å². The molecule has 1 fully saturated rings. The summed E-state index contributed by atoms with van der Waals surface area (Å²) in [5.41, 5.74) is 1.88. The van der Waals surface area contributed by atoms with E-state index >= 15 is 0 Å². The van der Waals surface area contributed by atoms with Gasteiger partial charge < -0.3 is 5.11 Å². The standard InChI is InChI=1S/C15H19N3O2/c1-9-4-3-5-13(10(9)2)18-14-8-11(15(19)20)6-7-12(14)16-17-18/h6-10,13H,3-5H2,1-2H3,(H,19,20). The summed E-state index contributed by atoms with van der Waals surface area (Å²) in [7, 11) is 0. The minimum Gasteiger partial charge on any atom is -0.478 e. The minimum absolute atomic E-state index is 0.289. The van der Waals surface area contributed by atoms with Crippen LogP contribution in [-0.2, 0) is 0 Å². The molecule has 1 aromatic heterocycles. The Balaban J connectivity index is 2.06. The average Bonchev–Trinajstić information content (AvgIpc) is 2.84. The van der Waals surface area contributed by atoms with Gasteiger partial charge in [-0.1, -0.05) is 31.9 Å². The molecule has 106 valence electrons. The highest BCUT2D eigenvalue weighted by molar-refractivity contribution is 5.92. The molecule has 0 bridgehead atoms. The summed E-state index contributed by atoms with van der Waals surface area (Å²) in [5, 5.41) is 17.6. The Labute approximate surface area is 117 Å². The molecular formula is C15H19N3O2. The summed E-state index contributed by atoms with van der Waals surface area (Å²) in [5.74, 6) is 0.280. The topological polar surface area (TPSA) is 68.0 Å². The third kappa shape index (κ3) is 2.07. The van der Waals surface area contributed by atoms with E-state index in [2.05, 4.69) is 24.2 Å². The van der Waals surface area contributed by atoms with Gasteiger partial charge in [0.05, 0.1) is 17.1 Å². The van der Waals surface area contributed by atoms with E-state index in [4.69, 9.17) is 5.11 Å². The molecule has 5 nitrogen and oxygen atoms in total. The number of benzene rings is 1. The normalized spacial score (nSPS) is 26.8. The molecule has 2 aromatic rings. The van der Waals surface area contributed by atoms with Crippen molar-refractivity contribution in [2.75, 3.05) is 0 Å². The SMILES string of the molecule is CC1CCCC(n2nnc3ccc(C(=O)O)cc32)C1C. The van der Waals surface area contributed by atoms with Gasteiger partial charge in [0.25, 0.3) is 0 Å². The van der Waals surface area contributed by atoms with Crippen LogP contribution in [0, 0.1) is 11.8 Å². The second kappa shape index (κ2) is 4.89. The summed E-state index contributed by atoms with van der Waals surface area (Å²) in [6.07, 6.45) is 3.53. The van der Waals surface area contributed by atoms with E-state index in [1.165, 1.54) is 12.8 Å². The lowest BCUT2D eigenvalue weighted by Gasteiger charge is -2.34. The molecular weight excluding hydrogens is 254 g/mol. The maximum absolute atomic E-state index is 11.1. The molecule has 0 radical (unpaired) electrons. The number of carboxylic acid groups (broad SMARTS) is 1. The Hall–Kier alpha value is -1.91. The Morgan fingerprint density at radius 2 is 2.15 bits per heavy atom. The lowest BCUT2D eigenvalue weighted by atomic mass is 9.78. The fourth-order valence-corrected chi connectivity index (χ4v) is 3.21. The first kappa shape index (κ1) is 13.1. The third-order valence-electron chi connectivity index (χ3n) is 4.70. The number of fused-ring (bicyclic) bond motifs is 1. The summed E-state index contributed by atoms with van der Waals surface area (Å²) in [6.45, 7) is 4.53. The van der Waals surface area contributed by atoms with E-state index in [0.29, 0.717) is 17.9 Å². The van der Waals surface area contributed by atoms with Crippen LogP contribution in [0.1, 0.15) is 49.5 Å². The Bertz CT molecular complexity index is 650. The maximum atomic E-state index is 11.1. The average molecular weight is 273 g/mol. The molecule has 3 atom stereocenters. The van der Waals surface area contributed by atoms with Gasteiger partial charge in [-0.25, -0.2) is 9.48 Å². The number of aromatic nitrogens is 3. The highest BCUT2D eigenvalue weighted by atomic mass is 16.4. The van der Waals surface area contributed by atoms with Gasteiger partial charge >= 0.3 is 5.97 Å². The van der Waals surface area contributed by atoms with Gasteiger partial charge in [0, 0.05) is 0 Å². The molecule has 1 aliphatic carbocycles. The molecule has 0 amide bonds. The zero-order valence-electron chi connectivity index (χ0n) is 11.8. The molecule has 3 rings (SSSR count). The van der Waals surface area contributed by atoms with Crippen molar-refractivity contribution in [3.63, 3.8) is 0 Å². The lowest BCUT2D eigenvalue weighted by molar-refractivity contribution is 0.0697. The van der Waals surface area contributed by atoms with Gasteiger partial charge in [0.2, 0.25) is 0 Å². The number of nitrogens with zero attached hydrogens (tertiary/aromatic N) is 3. The van der Waals surface area contributed by atoms with Gasteiger partial charge in [-0.3, -0.25) is 0 Å². The Kier molecular flexibility index (Phi) is 3.20. The zero-order chi connectivity index (χ0) is 14.3. The van der Waals surface area contributed by atoms with Gasteiger partial charge in [0.1, 0.15) is 5.52 Å². The number of aromatic carboxylic acids is 1. The van der Waals surface area contributed by atoms with Gasteiger partial charge in [0.15, 0.2) is 0 Å². The quantitative estimate of drug-likeness (QED) is 0.912. The molecule has 3 unspecified atom stereocenters. The molecule has 1 N–H and O–H groups in total. The first-order valence-electron chi connectivity index (χ1n) is 7.16. The second-order valence-electron chi connectivity index (χ2n) is 5.88. The van der Waals surface area contributed by atoms with E-state index in [-0.39, 0.29) is 5.56 Å². The van der Waals surface area contributed by atoms with Crippen LogP contribution in [0.5, 0.6) is 0 Å². The van der Waals surface area contributed by atoms with Crippen molar-refractivity contribution in [1.29, 1.82) is 0 Å². The van der Waals surface area contributed by atoms with Crippen LogP contribution in [0.2, 0.25) is 0 Å². The minimum atomic E-state index is -0.912. The Morgan fingerprint density at radius 3 is 2.90 bits per heavy atom. The second-order valence-corrected chi connectivity index (χ2v) is 5.88. The fraction of sp³-hybridized carbons (Fsp3) is 0.533. The zero-order valence-corrected chi connectivity index (χ0v) is 11.8. The van der Waals surface area contributed by atoms with E-state index in [1.807, 2.05) is 4.68 Å². The predicted octanol–water partition coefficient (Wildman–Crippen LogP) is 3.13. The van der Waals surface area contributed by atoms with Gasteiger partial charge in [-0.2, -0.15) is 0 Å². The van der Waals surface area contributed by atoms with Crippen molar-refractivity contribution in [3.8, 4) is 0 Å². The van der Waals surface area contributed by atoms with Crippen LogP contribution < -0.4 is 0 Å². The van der Waals surface area contributed by atoms with E-state index in [0.717, 1.165) is 17.5 Å². The van der Waals surface area contributed by atoms with Crippen LogP contribution in [-0.4, -0.2) is 26.1 Å². The monoisotopic (exact) mass is 273 g/mol. The van der Waals surface area contributed by atoms with E-state index in [1.54, 1.807) is 18.2 Å². The van der Waals surface area contributed by atoms with Crippen molar-refractivity contribution >= 4 is 17.0 Å². The summed E-state index contributed by atoms with van der Waals surface area (Å²) in [4.78, 5) is 11.1. The predicted molar refractivity (Wildman–Crippen MR) is 75.7 cm³/mol. The number of carboxylic acids is 1. The first-order valence-corrected chi connectivity index (χ1v) is 7.16. The molecule has 0 aliphatic heterocycles. The lowest BCUT2D eigenvalue weighted by Crippen LogP contribution is -2.27. The van der Waals surface area contributed by atoms with E-state index < -0.39 is 5.97 Å². The van der Waals surface area contributed by atoms with Gasteiger partial charge in [-0.15, -0.1) is 5.10 Å². The first-order chi connectivity index (χ1) is 9.58. The van der Waals surface area contributed by atoms with Crippen molar-refractivity contribution in [2.45, 2.75) is 39.2 Å². The van der Waals surface area contributed by atoms with Crippen LogP contribution >= 0.6 is 0 Å². The Morgan fingerprint density at radius 1 is 1.35 bits per heavy atom. The summed E-state index contributed by atoms with van der Waals surface area (Å²) >= 11 is 0. The van der Waals surface area contributed by atoms with Gasteiger partial charge in [-0.05, 0) is 36.5 Å². The van der Waals surface area contributed by atoms with Crippen molar-refractivity contribution in [2.24, 2.45) is 11.8 Å². The highest BCUT2D eigenvalue weighted by Crippen LogP contribution is 2.38. The van der Waals surface area contributed by atoms with Crippen molar-refractivity contribution in [1.82, 2.24) is 15.0 Å². The third-order valence-corrected chi connectivity index (χ3v) is 4.70. The number of hydrogen-bond acceptors (Lipinski definition) is 3. The van der Waals surface area contributed by atoms with Crippen LogP contribution in [0.15, 0.2) is 18.2 Å². The van der Waals surface area contributed by atoms with Crippen molar-refractivity contribution < 1.29 is 9.90 Å². The molecule has 20 heavy (non-hydrogen) atoms. The van der Waals surface area contributed by atoms with E-state index in [9.17, 15) is 4.79 Å². The molecule has 0 spiro atoms. The molecule has 1 aromatic carbocycles. The van der Waals surface area contributed by atoms with Crippen LogP contribution in [0.25, 0.3) is 11.0 Å². The molecule has 1 saturated carbocycles. The smallest absolute Gasteiger partial charge is 0.335 e. The summed E-state index contributed by atoms with van der Waals surface area (Å²) in [6, 6.07) is 5.31. The maximum Gasteiger partial charge on any atom is 0.335 e. The molecule has 1 heterocycles. The number of hydrogen-bond donors (Lipinski definition) is 1. The number of carbonyl (C=O) groups is 1. The van der Waals surface area contributed by atoms with Crippen LogP contribution in [0.3, 0.4) is 0 Å². The van der Waals surface area contributed by atoms with Crippen molar-refractivity contribution in [3.05, 3.63) is 23.8 Å². The molecule has 5 heteroatoms. The summed E-state index contributed by atoms with van der Waals surface area (Å²) < 4.78 is 1.93. The highest BCUT2D eigenvalue weighted by Gasteiger charge is 2.30. The number of rotatable bonds is 2.